The lowest BCUT2D eigenvalue weighted by Crippen LogP contribution is -2.38. The average Bonchev–Trinajstić information content (AvgIpc) is 2.92. The Kier molecular flexibility index (Phi) is 6.63. The van der Waals surface area contributed by atoms with Gasteiger partial charge in [0.1, 0.15) is 5.82 Å². The van der Waals surface area contributed by atoms with Gasteiger partial charge in [-0.1, -0.05) is 79.7 Å². The highest BCUT2D eigenvalue weighted by Gasteiger charge is 2.27. The van der Waals surface area contributed by atoms with Crippen molar-refractivity contribution < 1.29 is 4.79 Å². The van der Waals surface area contributed by atoms with E-state index in [2.05, 4.69) is 6.92 Å². The molecule has 180 valence electrons. The maximum atomic E-state index is 13.8. The molecule has 0 saturated heterocycles. The van der Waals surface area contributed by atoms with Crippen LogP contribution < -0.4 is 5.56 Å². The standard InChI is InChI=1S/C31H29N3O2/c1-3-19-33(30(35)26-18-17-24-13-7-8-14-25(24)20-26)22(2)29-32-28-16-10-9-15-27(28)31(36)34(29)21-23-11-5-4-6-12-23/h4-18,20,22H,3,19,21H2,1-2H3. The molecule has 36 heavy (non-hydrogen) atoms. The van der Waals surface area contributed by atoms with Crippen LogP contribution in [-0.2, 0) is 6.54 Å². The minimum Gasteiger partial charge on any atom is -0.329 e. The van der Waals surface area contributed by atoms with Crippen molar-refractivity contribution in [3.05, 3.63) is 124 Å². The summed E-state index contributed by atoms with van der Waals surface area (Å²) in [7, 11) is 0. The zero-order valence-electron chi connectivity index (χ0n) is 20.6. The minimum atomic E-state index is -0.398. The molecule has 1 aromatic heterocycles. The SMILES string of the molecule is CCCN(C(=O)c1ccc2ccccc2c1)C(C)c1nc2ccccc2c(=O)n1Cc1ccccc1. The van der Waals surface area contributed by atoms with Crippen LogP contribution in [0.4, 0.5) is 0 Å². The number of hydrogen-bond acceptors (Lipinski definition) is 3. The fraction of sp³-hybridized carbons (Fsp3) is 0.194. The van der Waals surface area contributed by atoms with Gasteiger partial charge in [0.15, 0.2) is 0 Å². The smallest absolute Gasteiger partial charge is 0.261 e. The topological polar surface area (TPSA) is 55.2 Å². The first kappa shape index (κ1) is 23.5. The molecule has 1 unspecified atom stereocenters. The molecule has 0 aliphatic rings. The van der Waals surface area contributed by atoms with Crippen molar-refractivity contribution in [3.8, 4) is 0 Å². The fourth-order valence-corrected chi connectivity index (χ4v) is 4.76. The van der Waals surface area contributed by atoms with E-state index < -0.39 is 6.04 Å². The van der Waals surface area contributed by atoms with Crippen LogP contribution in [0.15, 0.2) is 102 Å². The molecule has 0 spiro atoms. The summed E-state index contributed by atoms with van der Waals surface area (Å²) < 4.78 is 1.72. The summed E-state index contributed by atoms with van der Waals surface area (Å²) in [5, 5.41) is 2.70. The van der Waals surface area contributed by atoms with Gasteiger partial charge in [-0.05, 0) is 53.9 Å². The van der Waals surface area contributed by atoms with Crippen LogP contribution in [0, 0.1) is 0 Å². The van der Waals surface area contributed by atoms with Crippen LogP contribution >= 0.6 is 0 Å². The normalized spacial score (nSPS) is 12.1. The zero-order chi connectivity index (χ0) is 25.1. The molecule has 0 fully saturated rings. The number of nitrogens with zero attached hydrogens (tertiary/aromatic N) is 3. The highest BCUT2D eigenvalue weighted by Crippen LogP contribution is 2.25. The van der Waals surface area contributed by atoms with Gasteiger partial charge < -0.3 is 4.90 Å². The predicted molar refractivity (Wildman–Crippen MR) is 145 cm³/mol. The molecule has 5 aromatic rings. The summed E-state index contributed by atoms with van der Waals surface area (Å²) >= 11 is 0. The molecule has 5 heteroatoms. The summed E-state index contributed by atoms with van der Waals surface area (Å²) in [5.41, 5.74) is 2.18. The molecule has 0 aliphatic carbocycles. The second-order valence-electron chi connectivity index (χ2n) is 9.10. The quantitative estimate of drug-likeness (QED) is 0.281. The van der Waals surface area contributed by atoms with Crippen molar-refractivity contribution in [2.24, 2.45) is 0 Å². The molecule has 4 aromatic carbocycles. The van der Waals surface area contributed by atoms with E-state index in [1.54, 1.807) is 4.57 Å². The van der Waals surface area contributed by atoms with E-state index in [4.69, 9.17) is 4.98 Å². The van der Waals surface area contributed by atoms with Gasteiger partial charge in [0.05, 0.1) is 23.5 Å². The van der Waals surface area contributed by atoms with Crippen LogP contribution in [0.2, 0.25) is 0 Å². The van der Waals surface area contributed by atoms with Gasteiger partial charge in [0, 0.05) is 12.1 Å². The van der Waals surface area contributed by atoms with Gasteiger partial charge in [-0.15, -0.1) is 0 Å². The molecule has 0 N–H and O–H groups in total. The second kappa shape index (κ2) is 10.2. The number of benzene rings is 4. The summed E-state index contributed by atoms with van der Waals surface area (Å²) in [4.78, 5) is 34.2. The molecular weight excluding hydrogens is 446 g/mol. The van der Waals surface area contributed by atoms with E-state index in [1.165, 1.54) is 0 Å². The third kappa shape index (κ3) is 4.52. The number of amides is 1. The summed E-state index contributed by atoms with van der Waals surface area (Å²) in [5.74, 6) is 0.522. The van der Waals surface area contributed by atoms with Gasteiger partial charge in [0.2, 0.25) is 0 Å². The monoisotopic (exact) mass is 475 g/mol. The lowest BCUT2D eigenvalue weighted by Gasteiger charge is -2.30. The molecule has 1 amide bonds. The highest BCUT2D eigenvalue weighted by molar-refractivity contribution is 5.98. The molecule has 0 radical (unpaired) electrons. The number of carbonyl (C=O) groups is 1. The Bertz CT molecular complexity index is 1590. The molecule has 5 nitrogen and oxygen atoms in total. The Balaban J connectivity index is 1.60. The Labute approximate surface area is 210 Å². The van der Waals surface area contributed by atoms with E-state index in [0.29, 0.717) is 35.4 Å². The van der Waals surface area contributed by atoms with Crippen molar-refractivity contribution >= 4 is 27.6 Å². The number of aromatic nitrogens is 2. The number of fused-ring (bicyclic) bond motifs is 2. The molecule has 0 bridgehead atoms. The van der Waals surface area contributed by atoms with E-state index in [1.807, 2.05) is 109 Å². The first-order chi connectivity index (χ1) is 17.6. The van der Waals surface area contributed by atoms with Gasteiger partial charge in [0.25, 0.3) is 11.5 Å². The number of para-hydroxylation sites is 1. The second-order valence-corrected chi connectivity index (χ2v) is 9.10. The maximum absolute atomic E-state index is 13.8. The van der Waals surface area contributed by atoms with Crippen molar-refractivity contribution in [1.29, 1.82) is 0 Å². The van der Waals surface area contributed by atoms with Gasteiger partial charge in [-0.25, -0.2) is 4.98 Å². The third-order valence-corrected chi connectivity index (χ3v) is 6.64. The van der Waals surface area contributed by atoms with Gasteiger partial charge >= 0.3 is 0 Å². The molecule has 1 atom stereocenters. The molecule has 0 saturated carbocycles. The van der Waals surface area contributed by atoms with Crippen LogP contribution in [0.5, 0.6) is 0 Å². The molecular formula is C31H29N3O2. The number of rotatable bonds is 7. The fourth-order valence-electron chi connectivity index (χ4n) is 4.76. The third-order valence-electron chi connectivity index (χ3n) is 6.64. The van der Waals surface area contributed by atoms with Crippen molar-refractivity contribution in [3.63, 3.8) is 0 Å². The zero-order valence-corrected chi connectivity index (χ0v) is 20.6. The van der Waals surface area contributed by atoms with Gasteiger partial charge in [-0.2, -0.15) is 0 Å². The van der Waals surface area contributed by atoms with Crippen LogP contribution in [0.25, 0.3) is 21.7 Å². The summed E-state index contributed by atoms with van der Waals surface area (Å²) in [6, 6.07) is 30.7. The first-order valence-corrected chi connectivity index (χ1v) is 12.4. The van der Waals surface area contributed by atoms with E-state index in [-0.39, 0.29) is 11.5 Å². The molecule has 1 heterocycles. The summed E-state index contributed by atoms with van der Waals surface area (Å²) in [6.07, 6.45) is 0.792. The first-order valence-electron chi connectivity index (χ1n) is 12.4. The van der Waals surface area contributed by atoms with Crippen molar-refractivity contribution in [2.45, 2.75) is 32.9 Å². The lowest BCUT2D eigenvalue weighted by atomic mass is 10.1. The number of hydrogen-bond donors (Lipinski definition) is 0. The highest BCUT2D eigenvalue weighted by atomic mass is 16.2. The van der Waals surface area contributed by atoms with E-state index in [9.17, 15) is 9.59 Å². The maximum Gasteiger partial charge on any atom is 0.261 e. The van der Waals surface area contributed by atoms with Crippen LogP contribution in [-0.4, -0.2) is 26.9 Å². The largest absolute Gasteiger partial charge is 0.329 e. The Hall–Kier alpha value is -4.25. The Morgan fingerprint density at radius 1 is 0.889 bits per heavy atom. The minimum absolute atomic E-state index is 0.0660. The van der Waals surface area contributed by atoms with E-state index >= 15 is 0 Å². The number of carbonyl (C=O) groups excluding carboxylic acids is 1. The Morgan fingerprint density at radius 3 is 2.36 bits per heavy atom. The average molecular weight is 476 g/mol. The van der Waals surface area contributed by atoms with Gasteiger partial charge in [-0.3, -0.25) is 14.2 Å². The van der Waals surface area contributed by atoms with Crippen LogP contribution in [0.1, 0.15) is 48.1 Å². The Morgan fingerprint density at radius 2 is 1.58 bits per heavy atom. The van der Waals surface area contributed by atoms with Crippen molar-refractivity contribution in [2.75, 3.05) is 6.54 Å². The molecule has 5 rings (SSSR count). The lowest BCUT2D eigenvalue weighted by molar-refractivity contribution is 0.0679. The van der Waals surface area contributed by atoms with Crippen LogP contribution in [0.3, 0.4) is 0 Å². The summed E-state index contributed by atoms with van der Waals surface area (Å²) in [6.45, 7) is 4.97. The van der Waals surface area contributed by atoms with Crippen molar-refractivity contribution in [1.82, 2.24) is 14.5 Å². The van der Waals surface area contributed by atoms with E-state index in [0.717, 1.165) is 22.8 Å². The molecule has 0 aliphatic heterocycles. The predicted octanol–water partition coefficient (Wildman–Crippen LogP) is 6.21.